The molecule has 3 heterocycles. The van der Waals surface area contributed by atoms with E-state index >= 15 is 0 Å². The lowest BCUT2D eigenvalue weighted by Gasteiger charge is -2.20. The minimum absolute atomic E-state index is 0.619. The van der Waals surface area contributed by atoms with E-state index in [1.54, 1.807) is 22.7 Å². The molecule has 0 saturated heterocycles. The molecule has 0 spiro atoms. The van der Waals surface area contributed by atoms with E-state index in [2.05, 4.69) is 224 Å². The summed E-state index contributed by atoms with van der Waals surface area (Å²) in [6.07, 6.45) is 0. The van der Waals surface area contributed by atoms with Crippen molar-refractivity contribution in [2.45, 2.75) is 0 Å². The Morgan fingerprint density at radius 1 is 0.258 bits per heavy atom. The van der Waals surface area contributed by atoms with Gasteiger partial charge in [0.1, 0.15) is 0 Å². The van der Waals surface area contributed by atoms with Gasteiger partial charge in [-0.05, 0) is 97.7 Å². The van der Waals surface area contributed by atoms with E-state index in [1.807, 2.05) is 0 Å². The summed E-state index contributed by atoms with van der Waals surface area (Å²) in [5.74, 6) is 1.91. The molecule has 13 aromatic rings. The van der Waals surface area contributed by atoms with Crippen molar-refractivity contribution >= 4 is 73.8 Å². The van der Waals surface area contributed by atoms with Crippen LogP contribution in [0.2, 0.25) is 0 Å². The SMILES string of the molecule is c1ccc(-c2cccc(-c3cc(-c4ccccc4)cc(-c4cccc5ccccc45)c3-c3nc(-c4cccc5c4sc4ccccc45)nc(-c4cccc5c4sc4ccccc45)n3)c2)cc1. The molecule has 0 radical (unpaired) electrons. The van der Waals surface area contributed by atoms with Crippen LogP contribution in [0.25, 0.3) is 130 Å². The van der Waals surface area contributed by atoms with Gasteiger partial charge in [0.05, 0.1) is 0 Å². The highest BCUT2D eigenvalue weighted by Gasteiger charge is 2.25. The van der Waals surface area contributed by atoms with Crippen LogP contribution in [0.3, 0.4) is 0 Å². The van der Waals surface area contributed by atoms with E-state index in [0.29, 0.717) is 17.5 Å². The standard InChI is InChI=1S/C61H37N3S2/c1-3-17-38(18-4-1)41-23-13-24-42(35-41)52-36-43(39-19-5-2-6-20-39)37-53(45-28-14-22-40-21-7-8-25-44(40)45)56(52)61-63-59(50-31-15-29-48-46-26-9-11-33-54(46)65-57(48)50)62-60(64-61)51-32-16-30-49-47-27-10-12-34-55(47)66-58(49)51/h1-37H. The van der Waals surface area contributed by atoms with Gasteiger partial charge in [-0.15, -0.1) is 22.7 Å². The summed E-state index contributed by atoms with van der Waals surface area (Å²) < 4.78 is 4.79. The molecule has 0 amide bonds. The predicted molar refractivity (Wildman–Crippen MR) is 281 cm³/mol. The number of nitrogens with zero attached hydrogens (tertiary/aromatic N) is 3. The topological polar surface area (TPSA) is 38.7 Å². The highest BCUT2D eigenvalue weighted by molar-refractivity contribution is 7.26. The molecule has 5 heteroatoms. The van der Waals surface area contributed by atoms with Gasteiger partial charge in [-0.3, -0.25) is 0 Å². The predicted octanol–water partition coefficient (Wildman–Crippen LogP) is 17.4. The second kappa shape index (κ2) is 15.9. The molecular formula is C61H37N3S2. The first-order valence-corrected chi connectivity index (χ1v) is 23.8. The summed E-state index contributed by atoms with van der Waals surface area (Å²) in [4.78, 5) is 16.8. The fourth-order valence-electron chi connectivity index (χ4n) is 9.65. The molecule has 0 unspecified atom stereocenters. The first-order chi connectivity index (χ1) is 32.7. The van der Waals surface area contributed by atoms with E-state index in [4.69, 9.17) is 15.0 Å². The minimum atomic E-state index is 0.619. The van der Waals surface area contributed by atoms with Crippen LogP contribution >= 0.6 is 22.7 Å². The summed E-state index contributed by atoms with van der Waals surface area (Å²) in [5.41, 5.74) is 11.8. The van der Waals surface area contributed by atoms with Crippen molar-refractivity contribution in [3.05, 3.63) is 224 Å². The van der Waals surface area contributed by atoms with Crippen molar-refractivity contribution in [2.24, 2.45) is 0 Å². The minimum Gasteiger partial charge on any atom is -0.208 e. The molecule has 0 saturated carbocycles. The second-order valence-electron chi connectivity index (χ2n) is 16.7. The molecule has 0 N–H and O–H groups in total. The number of thiophene rings is 2. The lowest BCUT2D eigenvalue weighted by Crippen LogP contribution is -2.03. The molecule has 0 aliphatic carbocycles. The molecule has 66 heavy (non-hydrogen) atoms. The van der Waals surface area contributed by atoms with Crippen molar-refractivity contribution < 1.29 is 0 Å². The zero-order valence-electron chi connectivity index (χ0n) is 35.5. The Balaban J connectivity index is 1.17. The van der Waals surface area contributed by atoms with E-state index in [9.17, 15) is 0 Å². The molecule has 0 bridgehead atoms. The molecule has 3 nitrogen and oxygen atoms in total. The van der Waals surface area contributed by atoms with Crippen LogP contribution in [-0.4, -0.2) is 15.0 Å². The second-order valence-corrected chi connectivity index (χ2v) is 18.8. The van der Waals surface area contributed by atoms with Gasteiger partial charge >= 0.3 is 0 Å². The highest BCUT2D eigenvalue weighted by Crippen LogP contribution is 2.47. The van der Waals surface area contributed by atoms with Crippen molar-refractivity contribution in [3.63, 3.8) is 0 Å². The molecular weight excluding hydrogens is 839 g/mol. The Hall–Kier alpha value is -8.09. The van der Waals surface area contributed by atoms with Crippen LogP contribution in [0.4, 0.5) is 0 Å². The third kappa shape index (κ3) is 6.51. The maximum absolute atomic E-state index is 5.67. The molecule has 3 aromatic heterocycles. The van der Waals surface area contributed by atoms with E-state index in [1.165, 1.54) is 36.3 Å². The van der Waals surface area contributed by atoms with Crippen molar-refractivity contribution in [3.8, 4) is 78.7 Å². The zero-order chi connectivity index (χ0) is 43.6. The Morgan fingerprint density at radius 2 is 0.697 bits per heavy atom. The van der Waals surface area contributed by atoms with Crippen LogP contribution in [-0.2, 0) is 0 Å². The lowest BCUT2D eigenvalue weighted by atomic mass is 9.85. The van der Waals surface area contributed by atoms with Gasteiger partial charge in [0, 0.05) is 57.0 Å². The van der Waals surface area contributed by atoms with E-state index in [-0.39, 0.29) is 0 Å². The lowest BCUT2D eigenvalue weighted by molar-refractivity contribution is 1.08. The van der Waals surface area contributed by atoms with Crippen LogP contribution < -0.4 is 0 Å². The smallest absolute Gasteiger partial charge is 0.165 e. The third-order valence-corrected chi connectivity index (χ3v) is 15.2. The van der Waals surface area contributed by atoms with Gasteiger partial charge in [0.2, 0.25) is 0 Å². The summed E-state index contributed by atoms with van der Waals surface area (Å²) in [7, 11) is 0. The average Bonchev–Trinajstić information content (AvgIpc) is 3.97. The third-order valence-electron chi connectivity index (χ3n) is 12.8. The largest absolute Gasteiger partial charge is 0.208 e. The maximum atomic E-state index is 5.67. The maximum Gasteiger partial charge on any atom is 0.165 e. The Morgan fingerprint density at radius 3 is 1.35 bits per heavy atom. The molecule has 13 rings (SSSR count). The monoisotopic (exact) mass is 875 g/mol. The molecule has 0 aliphatic rings. The van der Waals surface area contributed by atoms with Crippen molar-refractivity contribution in [1.29, 1.82) is 0 Å². The Bertz CT molecular complexity index is 3860. The number of hydrogen-bond donors (Lipinski definition) is 0. The average molecular weight is 876 g/mol. The molecule has 0 atom stereocenters. The number of fused-ring (bicyclic) bond motifs is 7. The van der Waals surface area contributed by atoms with Crippen molar-refractivity contribution in [1.82, 2.24) is 15.0 Å². The van der Waals surface area contributed by atoms with Gasteiger partial charge in [-0.2, -0.15) is 0 Å². The Labute approximate surface area is 389 Å². The normalized spacial score (nSPS) is 11.6. The summed E-state index contributed by atoms with van der Waals surface area (Å²) in [6.45, 7) is 0. The highest BCUT2D eigenvalue weighted by atomic mass is 32.1. The number of rotatable bonds is 7. The fourth-order valence-corrected chi connectivity index (χ4v) is 12.1. The quantitative estimate of drug-likeness (QED) is 0.160. The van der Waals surface area contributed by atoms with Gasteiger partial charge in [-0.25, -0.2) is 15.0 Å². The van der Waals surface area contributed by atoms with Gasteiger partial charge in [-0.1, -0.05) is 182 Å². The number of aromatic nitrogens is 3. The fraction of sp³-hybridized carbons (Fsp3) is 0. The van der Waals surface area contributed by atoms with Crippen LogP contribution in [0.1, 0.15) is 0 Å². The van der Waals surface area contributed by atoms with Crippen LogP contribution in [0, 0.1) is 0 Å². The Kier molecular flexibility index (Phi) is 9.22. The molecule has 0 fully saturated rings. The summed E-state index contributed by atoms with van der Waals surface area (Å²) in [5, 5.41) is 7.20. The van der Waals surface area contributed by atoms with E-state index < -0.39 is 0 Å². The van der Waals surface area contributed by atoms with Gasteiger partial charge in [0.25, 0.3) is 0 Å². The van der Waals surface area contributed by atoms with Crippen LogP contribution in [0.15, 0.2) is 224 Å². The van der Waals surface area contributed by atoms with Gasteiger partial charge < -0.3 is 0 Å². The zero-order valence-corrected chi connectivity index (χ0v) is 37.2. The summed E-state index contributed by atoms with van der Waals surface area (Å²) in [6, 6.07) is 80.6. The van der Waals surface area contributed by atoms with Crippen molar-refractivity contribution in [2.75, 3.05) is 0 Å². The summed E-state index contributed by atoms with van der Waals surface area (Å²) >= 11 is 3.59. The molecule has 0 aliphatic heterocycles. The first-order valence-electron chi connectivity index (χ1n) is 22.2. The van der Waals surface area contributed by atoms with Gasteiger partial charge in [0.15, 0.2) is 17.5 Å². The molecule has 308 valence electrons. The first kappa shape index (κ1) is 38.4. The van der Waals surface area contributed by atoms with E-state index in [0.717, 1.165) is 76.0 Å². The number of benzene rings is 10. The van der Waals surface area contributed by atoms with Crippen LogP contribution in [0.5, 0.6) is 0 Å². The number of hydrogen-bond acceptors (Lipinski definition) is 5. The molecule has 10 aromatic carbocycles.